The summed E-state index contributed by atoms with van der Waals surface area (Å²) in [5.41, 5.74) is 1.71. The Hall–Kier alpha value is -2.95. The molecule has 1 N–H and O–H groups in total. The zero-order valence-corrected chi connectivity index (χ0v) is 15.1. The normalized spacial score (nSPS) is 12.1. The second-order valence-electron chi connectivity index (χ2n) is 6.42. The molecule has 5 nitrogen and oxygen atoms in total. The summed E-state index contributed by atoms with van der Waals surface area (Å²) in [4.78, 5) is 29.6. The molecule has 0 aliphatic rings. The first-order valence-electron chi connectivity index (χ1n) is 8.93. The van der Waals surface area contributed by atoms with E-state index in [-0.39, 0.29) is 23.1 Å². The van der Waals surface area contributed by atoms with Gasteiger partial charge in [-0.15, -0.1) is 0 Å². The Kier molecular flexibility index (Phi) is 5.46. The van der Waals surface area contributed by atoms with E-state index in [2.05, 4.69) is 22.4 Å². The van der Waals surface area contributed by atoms with Crippen LogP contribution in [0.3, 0.4) is 0 Å². The average molecular weight is 349 g/mol. The van der Waals surface area contributed by atoms with Gasteiger partial charge in [-0.25, -0.2) is 4.98 Å². The van der Waals surface area contributed by atoms with Crippen LogP contribution in [0, 0.1) is 0 Å². The number of nitrogens with zero attached hydrogens (tertiary/aromatic N) is 2. The molecule has 1 atom stereocenters. The summed E-state index contributed by atoms with van der Waals surface area (Å²) in [5, 5.41) is 3.74. The van der Waals surface area contributed by atoms with Gasteiger partial charge >= 0.3 is 0 Å². The number of rotatable bonds is 6. The lowest BCUT2D eigenvalue weighted by atomic mass is 10.1. The minimum atomic E-state index is -0.330. The lowest BCUT2D eigenvalue weighted by Gasteiger charge is -2.15. The Morgan fingerprint density at radius 2 is 1.96 bits per heavy atom. The van der Waals surface area contributed by atoms with Gasteiger partial charge in [-0.3, -0.25) is 14.2 Å². The van der Waals surface area contributed by atoms with Crippen LogP contribution in [0.4, 0.5) is 0 Å². The highest BCUT2D eigenvalue weighted by Crippen LogP contribution is 2.11. The fourth-order valence-corrected chi connectivity index (χ4v) is 3.06. The fourth-order valence-electron chi connectivity index (χ4n) is 3.06. The third kappa shape index (κ3) is 3.82. The Morgan fingerprint density at radius 3 is 2.69 bits per heavy atom. The first-order chi connectivity index (χ1) is 12.6. The Morgan fingerprint density at radius 1 is 1.19 bits per heavy atom. The number of pyridine rings is 2. The van der Waals surface area contributed by atoms with Crippen molar-refractivity contribution < 1.29 is 4.79 Å². The maximum atomic E-state index is 12.7. The van der Waals surface area contributed by atoms with Gasteiger partial charge in [-0.1, -0.05) is 30.3 Å². The molecule has 1 unspecified atom stereocenters. The maximum Gasteiger partial charge on any atom is 0.265 e. The summed E-state index contributed by atoms with van der Waals surface area (Å²) in [5.74, 6) is -0.330. The summed E-state index contributed by atoms with van der Waals surface area (Å²) in [6.07, 6.45) is 3.34. The van der Waals surface area contributed by atoms with E-state index in [1.807, 2.05) is 38.1 Å². The summed E-state index contributed by atoms with van der Waals surface area (Å²) in [6.45, 7) is 4.30. The second kappa shape index (κ2) is 7.95. The number of amides is 1. The SMILES string of the molecule is CCn1c(=O)c(C(=O)NC(C)CCc2ccccc2)cc2cccnc21. The summed E-state index contributed by atoms with van der Waals surface area (Å²) < 4.78 is 1.54. The Balaban J connectivity index is 1.77. The van der Waals surface area contributed by atoms with E-state index >= 15 is 0 Å². The van der Waals surface area contributed by atoms with Gasteiger partial charge in [0, 0.05) is 24.2 Å². The van der Waals surface area contributed by atoms with Crippen LogP contribution in [0.15, 0.2) is 59.5 Å². The van der Waals surface area contributed by atoms with Gasteiger partial charge < -0.3 is 5.32 Å². The smallest absolute Gasteiger partial charge is 0.265 e. The molecule has 0 aliphatic heterocycles. The molecule has 0 saturated heterocycles. The van der Waals surface area contributed by atoms with Gasteiger partial charge in [0.1, 0.15) is 11.2 Å². The molecule has 0 spiro atoms. The quantitative estimate of drug-likeness (QED) is 0.743. The van der Waals surface area contributed by atoms with Crippen LogP contribution in [-0.4, -0.2) is 21.5 Å². The van der Waals surface area contributed by atoms with E-state index in [4.69, 9.17) is 0 Å². The molecule has 134 valence electrons. The molecule has 0 bridgehead atoms. The molecule has 2 aromatic heterocycles. The molecule has 0 saturated carbocycles. The number of carbonyl (C=O) groups excluding carboxylic acids is 1. The number of hydrogen-bond donors (Lipinski definition) is 1. The number of carbonyl (C=O) groups is 1. The van der Waals surface area contributed by atoms with E-state index in [0.717, 1.165) is 18.2 Å². The van der Waals surface area contributed by atoms with E-state index in [9.17, 15) is 9.59 Å². The van der Waals surface area contributed by atoms with Crippen LogP contribution in [0.25, 0.3) is 11.0 Å². The van der Waals surface area contributed by atoms with Crippen molar-refractivity contribution in [1.29, 1.82) is 0 Å². The number of benzene rings is 1. The highest BCUT2D eigenvalue weighted by molar-refractivity contribution is 5.97. The zero-order valence-electron chi connectivity index (χ0n) is 15.1. The predicted molar refractivity (Wildman–Crippen MR) is 103 cm³/mol. The first kappa shape index (κ1) is 17.9. The predicted octanol–water partition coefficient (Wildman–Crippen LogP) is 3.17. The lowest BCUT2D eigenvalue weighted by Crippen LogP contribution is -2.38. The van der Waals surface area contributed by atoms with Crippen molar-refractivity contribution in [2.24, 2.45) is 0 Å². The van der Waals surface area contributed by atoms with Crippen molar-refractivity contribution in [2.75, 3.05) is 0 Å². The molecule has 0 aliphatic carbocycles. The van der Waals surface area contributed by atoms with Crippen LogP contribution in [0.2, 0.25) is 0 Å². The standard InChI is InChI=1S/C21H23N3O2/c1-3-24-19-17(10-7-13-22-19)14-18(21(24)26)20(25)23-15(2)11-12-16-8-5-4-6-9-16/h4-10,13-15H,3,11-12H2,1-2H3,(H,23,25). The molecule has 1 amide bonds. The fraction of sp³-hybridized carbons (Fsp3) is 0.286. The molecule has 0 fully saturated rings. The molecular weight excluding hydrogens is 326 g/mol. The van der Waals surface area contributed by atoms with Crippen molar-refractivity contribution in [3.8, 4) is 0 Å². The van der Waals surface area contributed by atoms with Crippen molar-refractivity contribution in [1.82, 2.24) is 14.9 Å². The van der Waals surface area contributed by atoms with Crippen molar-refractivity contribution in [2.45, 2.75) is 39.3 Å². The van der Waals surface area contributed by atoms with Crippen molar-refractivity contribution >= 4 is 16.9 Å². The van der Waals surface area contributed by atoms with Crippen LogP contribution >= 0.6 is 0 Å². The molecule has 2 heterocycles. The monoisotopic (exact) mass is 349 g/mol. The average Bonchev–Trinajstić information content (AvgIpc) is 2.66. The van der Waals surface area contributed by atoms with Gasteiger partial charge in [0.2, 0.25) is 0 Å². The second-order valence-corrected chi connectivity index (χ2v) is 6.42. The largest absolute Gasteiger partial charge is 0.349 e. The third-order valence-corrected chi connectivity index (χ3v) is 4.50. The number of hydrogen-bond acceptors (Lipinski definition) is 3. The molecule has 5 heteroatoms. The summed E-state index contributed by atoms with van der Waals surface area (Å²) in [6, 6.07) is 15.4. The number of fused-ring (bicyclic) bond motifs is 1. The Labute approximate surface area is 152 Å². The lowest BCUT2D eigenvalue weighted by molar-refractivity contribution is 0.0936. The topological polar surface area (TPSA) is 64.0 Å². The highest BCUT2D eigenvalue weighted by atomic mass is 16.2. The van der Waals surface area contributed by atoms with Gasteiger partial charge in [-0.05, 0) is 50.5 Å². The third-order valence-electron chi connectivity index (χ3n) is 4.50. The molecule has 26 heavy (non-hydrogen) atoms. The van der Waals surface area contributed by atoms with Crippen LogP contribution in [0.1, 0.15) is 36.2 Å². The Bertz CT molecular complexity index is 964. The molecule has 3 rings (SSSR count). The van der Waals surface area contributed by atoms with Crippen LogP contribution in [-0.2, 0) is 13.0 Å². The van der Waals surface area contributed by atoms with E-state index in [0.29, 0.717) is 12.2 Å². The van der Waals surface area contributed by atoms with E-state index in [1.165, 1.54) is 5.56 Å². The van der Waals surface area contributed by atoms with Gasteiger partial charge in [0.15, 0.2) is 0 Å². The van der Waals surface area contributed by atoms with Crippen LogP contribution < -0.4 is 10.9 Å². The minimum absolute atomic E-state index is 0.0261. The van der Waals surface area contributed by atoms with Crippen LogP contribution in [0.5, 0.6) is 0 Å². The van der Waals surface area contributed by atoms with E-state index < -0.39 is 0 Å². The first-order valence-corrected chi connectivity index (χ1v) is 8.93. The van der Waals surface area contributed by atoms with Crippen molar-refractivity contribution in [3.63, 3.8) is 0 Å². The summed E-state index contributed by atoms with van der Waals surface area (Å²) >= 11 is 0. The minimum Gasteiger partial charge on any atom is -0.349 e. The van der Waals surface area contributed by atoms with Gasteiger partial charge in [0.05, 0.1) is 0 Å². The molecular formula is C21H23N3O2. The number of nitrogens with one attached hydrogen (secondary N) is 1. The molecule has 1 aromatic carbocycles. The van der Waals surface area contributed by atoms with Crippen molar-refractivity contribution in [3.05, 3.63) is 76.2 Å². The van der Waals surface area contributed by atoms with Gasteiger partial charge in [0.25, 0.3) is 11.5 Å². The molecule has 3 aromatic rings. The molecule has 0 radical (unpaired) electrons. The summed E-state index contributed by atoms with van der Waals surface area (Å²) in [7, 11) is 0. The number of aromatic nitrogens is 2. The highest BCUT2D eigenvalue weighted by Gasteiger charge is 2.17. The van der Waals surface area contributed by atoms with Gasteiger partial charge in [-0.2, -0.15) is 0 Å². The van der Waals surface area contributed by atoms with E-state index in [1.54, 1.807) is 22.9 Å². The number of aryl methyl sites for hydroxylation is 2. The zero-order chi connectivity index (χ0) is 18.5. The maximum absolute atomic E-state index is 12.7.